The van der Waals surface area contributed by atoms with Gasteiger partial charge >= 0.3 is 0 Å². The van der Waals surface area contributed by atoms with Crippen molar-refractivity contribution in [1.82, 2.24) is 14.9 Å². The normalized spacial score (nSPS) is 12.7. The topological polar surface area (TPSA) is 101 Å². The van der Waals surface area contributed by atoms with Crippen LogP contribution in [0.15, 0.2) is 58.9 Å². The summed E-state index contributed by atoms with van der Waals surface area (Å²) in [6, 6.07) is 16.2. The predicted octanol–water partition coefficient (Wildman–Crippen LogP) is 4.16. The van der Waals surface area contributed by atoms with Crippen molar-refractivity contribution in [3.8, 4) is 0 Å². The fourth-order valence-electron chi connectivity index (χ4n) is 3.01. The number of anilines is 1. The number of carbonyl (C=O) groups excluding carboxylic acids is 1. The third kappa shape index (κ3) is 5.50. The summed E-state index contributed by atoms with van der Waals surface area (Å²) in [5.74, 6) is -0.0700. The Balaban J connectivity index is 1.77. The zero-order valence-electron chi connectivity index (χ0n) is 17.0. The van der Waals surface area contributed by atoms with E-state index in [1.165, 1.54) is 0 Å². The average Bonchev–Trinajstić information content (AvgIpc) is 3.17. The number of benzene rings is 2. The molecule has 1 unspecified atom stereocenters. The predicted molar refractivity (Wildman–Crippen MR) is 118 cm³/mol. The van der Waals surface area contributed by atoms with Crippen molar-refractivity contribution in [2.24, 2.45) is 5.92 Å². The molecule has 1 heterocycles. The molecule has 158 valence electrons. The number of hydrogen-bond donors (Lipinski definition) is 2. The van der Waals surface area contributed by atoms with Crippen molar-refractivity contribution in [2.75, 3.05) is 5.32 Å². The second-order valence-electron chi connectivity index (χ2n) is 7.36. The fraction of sp³-hybridized carbons (Fsp3) is 0.286. The van der Waals surface area contributed by atoms with Gasteiger partial charge in [-0.05, 0) is 36.5 Å². The van der Waals surface area contributed by atoms with Crippen molar-refractivity contribution >= 4 is 32.4 Å². The SMILES string of the molecule is Cc1ccccc1C(=O)Nc1nnc(S(=O)(=O)NC(CC(C)C)c2ccccc2)s1. The molecule has 0 aliphatic heterocycles. The lowest BCUT2D eigenvalue weighted by molar-refractivity contribution is 0.102. The third-order valence-corrected chi connectivity index (χ3v) is 7.13. The highest BCUT2D eigenvalue weighted by Crippen LogP contribution is 2.26. The van der Waals surface area contributed by atoms with Crippen LogP contribution in [0.3, 0.4) is 0 Å². The Labute approximate surface area is 180 Å². The highest BCUT2D eigenvalue weighted by molar-refractivity contribution is 7.91. The molecule has 0 saturated heterocycles. The van der Waals surface area contributed by atoms with E-state index in [1.807, 2.05) is 63.2 Å². The van der Waals surface area contributed by atoms with Gasteiger partial charge in [0.1, 0.15) is 0 Å². The molecule has 1 atom stereocenters. The van der Waals surface area contributed by atoms with E-state index in [4.69, 9.17) is 0 Å². The first-order valence-corrected chi connectivity index (χ1v) is 11.8. The van der Waals surface area contributed by atoms with E-state index in [1.54, 1.807) is 12.1 Å². The average molecular weight is 445 g/mol. The molecule has 30 heavy (non-hydrogen) atoms. The molecule has 3 aromatic rings. The number of hydrogen-bond acceptors (Lipinski definition) is 6. The summed E-state index contributed by atoms with van der Waals surface area (Å²) in [4.78, 5) is 12.4. The molecular formula is C21H24N4O3S2. The standard InChI is InChI=1S/C21H24N4O3S2/c1-14(2)13-18(16-10-5-4-6-11-16)25-30(27,28)21-24-23-20(29-21)22-19(26)17-12-8-7-9-15(17)3/h4-12,14,18,25H,13H2,1-3H3,(H,22,23,26). The zero-order chi connectivity index (χ0) is 21.7. The van der Waals surface area contributed by atoms with Crippen molar-refractivity contribution in [3.05, 3.63) is 71.3 Å². The monoisotopic (exact) mass is 444 g/mol. The number of nitrogens with one attached hydrogen (secondary N) is 2. The van der Waals surface area contributed by atoms with E-state index >= 15 is 0 Å². The lowest BCUT2D eigenvalue weighted by Gasteiger charge is -2.20. The summed E-state index contributed by atoms with van der Waals surface area (Å²) < 4.78 is 28.4. The third-order valence-electron chi connectivity index (χ3n) is 4.45. The molecule has 1 amide bonds. The second-order valence-corrected chi connectivity index (χ2v) is 10.2. The minimum absolute atomic E-state index is 0.128. The molecule has 2 aromatic carbocycles. The van der Waals surface area contributed by atoms with Crippen LogP contribution >= 0.6 is 11.3 Å². The molecule has 3 rings (SSSR count). The van der Waals surface area contributed by atoms with Gasteiger partial charge in [-0.3, -0.25) is 10.1 Å². The maximum Gasteiger partial charge on any atom is 0.270 e. The molecular weight excluding hydrogens is 420 g/mol. The molecule has 0 aliphatic carbocycles. The first-order valence-electron chi connectivity index (χ1n) is 9.54. The van der Waals surface area contributed by atoms with Crippen LogP contribution in [0.25, 0.3) is 0 Å². The summed E-state index contributed by atoms with van der Waals surface area (Å²) >= 11 is 0.820. The van der Waals surface area contributed by atoms with Gasteiger partial charge in [-0.2, -0.15) is 0 Å². The van der Waals surface area contributed by atoms with Gasteiger partial charge in [0.05, 0.1) is 0 Å². The number of sulfonamides is 1. The molecule has 0 fully saturated rings. The summed E-state index contributed by atoms with van der Waals surface area (Å²) in [7, 11) is -3.90. The molecule has 7 nitrogen and oxygen atoms in total. The Bertz CT molecular complexity index is 1110. The van der Waals surface area contributed by atoms with Crippen LogP contribution in [0.5, 0.6) is 0 Å². The van der Waals surface area contributed by atoms with E-state index < -0.39 is 10.0 Å². The molecule has 0 aliphatic rings. The number of aromatic nitrogens is 2. The summed E-state index contributed by atoms with van der Waals surface area (Å²) in [5.41, 5.74) is 2.19. The van der Waals surface area contributed by atoms with Gasteiger partial charge in [-0.15, -0.1) is 10.2 Å². The van der Waals surface area contributed by atoms with Crippen LogP contribution in [0.2, 0.25) is 0 Å². The molecule has 2 N–H and O–H groups in total. The largest absolute Gasteiger partial charge is 0.296 e. The van der Waals surface area contributed by atoms with E-state index in [0.29, 0.717) is 12.0 Å². The van der Waals surface area contributed by atoms with E-state index in [0.717, 1.165) is 22.5 Å². The van der Waals surface area contributed by atoms with Gasteiger partial charge in [0, 0.05) is 11.6 Å². The van der Waals surface area contributed by atoms with Crippen molar-refractivity contribution < 1.29 is 13.2 Å². The zero-order valence-corrected chi connectivity index (χ0v) is 18.6. The number of rotatable bonds is 8. The lowest BCUT2D eigenvalue weighted by Crippen LogP contribution is -2.29. The molecule has 9 heteroatoms. The fourth-order valence-corrected chi connectivity index (χ4v) is 5.16. The number of nitrogens with zero attached hydrogens (tertiary/aromatic N) is 2. The molecule has 0 spiro atoms. The van der Waals surface area contributed by atoms with Gasteiger partial charge in [0.15, 0.2) is 0 Å². The minimum atomic E-state index is -3.90. The van der Waals surface area contributed by atoms with Crippen LogP contribution in [0.4, 0.5) is 5.13 Å². The van der Waals surface area contributed by atoms with E-state index in [-0.39, 0.29) is 27.3 Å². The molecule has 1 aromatic heterocycles. The first-order chi connectivity index (χ1) is 14.3. The Morgan fingerprint density at radius 1 is 1.03 bits per heavy atom. The highest BCUT2D eigenvalue weighted by Gasteiger charge is 2.26. The van der Waals surface area contributed by atoms with Gasteiger partial charge in [-0.1, -0.05) is 73.7 Å². The molecule has 0 bridgehead atoms. The lowest BCUT2D eigenvalue weighted by atomic mass is 9.98. The van der Waals surface area contributed by atoms with Crippen LogP contribution in [0, 0.1) is 12.8 Å². The van der Waals surface area contributed by atoms with Gasteiger partial charge in [-0.25, -0.2) is 13.1 Å². The maximum atomic E-state index is 12.9. The molecule has 0 radical (unpaired) electrons. The van der Waals surface area contributed by atoms with Gasteiger partial charge in [0.2, 0.25) is 9.47 Å². The van der Waals surface area contributed by atoms with E-state index in [9.17, 15) is 13.2 Å². The first kappa shape index (κ1) is 22.1. The smallest absolute Gasteiger partial charge is 0.270 e. The van der Waals surface area contributed by atoms with E-state index in [2.05, 4.69) is 20.2 Å². The molecule has 0 saturated carbocycles. The Morgan fingerprint density at radius 3 is 2.37 bits per heavy atom. The summed E-state index contributed by atoms with van der Waals surface area (Å²) in [6.07, 6.45) is 0.638. The Kier molecular flexibility index (Phi) is 6.96. The quantitative estimate of drug-likeness (QED) is 0.508. The van der Waals surface area contributed by atoms with Gasteiger partial charge in [0.25, 0.3) is 15.9 Å². The summed E-state index contributed by atoms with van der Waals surface area (Å²) in [6.45, 7) is 5.90. The number of amides is 1. The van der Waals surface area contributed by atoms with Crippen LogP contribution < -0.4 is 10.0 Å². The maximum absolute atomic E-state index is 12.9. The number of aryl methyl sites for hydroxylation is 1. The Morgan fingerprint density at radius 2 is 1.70 bits per heavy atom. The van der Waals surface area contributed by atoms with Crippen molar-refractivity contribution in [1.29, 1.82) is 0 Å². The van der Waals surface area contributed by atoms with Crippen LogP contribution in [-0.2, 0) is 10.0 Å². The minimum Gasteiger partial charge on any atom is -0.296 e. The number of carbonyl (C=O) groups is 1. The summed E-state index contributed by atoms with van der Waals surface area (Å²) in [5, 5.41) is 10.4. The van der Waals surface area contributed by atoms with Crippen LogP contribution in [-0.4, -0.2) is 24.5 Å². The van der Waals surface area contributed by atoms with Gasteiger partial charge < -0.3 is 0 Å². The highest BCUT2D eigenvalue weighted by atomic mass is 32.2. The van der Waals surface area contributed by atoms with Crippen LogP contribution in [0.1, 0.15) is 47.8 Å². The van der Waals surface area contributed by atoms with Crippen molar-refractivity contribution in [3.63, 3.8) is 0 Å². The van der Waals surface area contributed by atoms with Crippen molar-refractivity contribution in [2.45, 2.75) is 37.6 Å². The second kappa shape index (κ2) is 9.46. The Hall–Kier alpha value is -2.62.